The molecule has 37 heavy (non-hydrogen) atoms. The van der Waals surface area contributed by atoms with Crippen LogP contribution in [0.15, 0.2) is 58.8 Å². The van der Waals surface area contributed by atoms with Gasteiger partial charge < -0.3 is 29.6 Å². The maximum Gasteiger partial charge on any atom is 0.338 e. The van der Waals surface area contributed by atoms with Crippen molar-refractivity contribution in [3.05, 3.63) is 64.9 Å². The molecule has 0 bridgehead atoms. The van der Waals surface area contributed by atoms with E-state index >= 15 is 0 Å². The molecule has 1 aliphatic rings. The Hall–Kier alpha value is -4.54. The Kier molecular flexibility index (Phi) is 9.48. The summed E-state index contributed by atoms with van der Waals surface area (Å²) in [6.45, 7) is 5.70. The summed E-state index contributed by atoms with van der Waals surface area (Å²) in [5, 5.41) is 9.24. The first kappa shape index (κ1) is 27.1. The number of carbonyl (C=O) groups excluding carboxylic acids is 3. The van der Waals surface area contributed by atoms with Crippen molar-refractivity contribution in [1.29, 1.82) is 0 Å². The molecule has 196 valence electrons. The Morgan fingerprint density at radius 1 is 1.05 bits per heavy atom. The van der Waals surface area contributed by atoms with Crippen molar-refractivity contribution in [1.82, 2.24) is 16.1 Å². The molecule has 3 rings (SSSR count). The van der Waals surface area contributed by atoms with E-state index in [2.05, 4.69) is 21.2 Å². The Bertz CT molecular complexity index is 1190. The van der Waals surface area contributed by atoms with Gasteiger partial charge in [-0.05, 0) is 68.3 Å². The minimum absolute atomic E-state index is 0.193. The molecule has 0 spiro atoms. The smallest absolute Gasteiger partial charge is 0.338 e. The topological polar surface area (TPSA) is 137 Å². The van der Waals surface area contributed by atoms with Crippen LogP contribution in [0.3, 0.4) is 0 Å². The van der Waals surface area contributed by atoms with Gasteiger partial charge in [-0.1, -0.05) is 6.07 Å². The van der Waals surface area contributed by atoms with Crippen LogP contribution in [-0.4, -0.2) is 51.1 Å². The Morgan fingerprint density at radius 3 is 2.49 bits per heavy atom. The molecule has 0 fully saturated rings. The summed E-state index contributed by atoms with van der Waals surface area (Å²) in [5.41, 5.74) is 4.45. The molecule has 0 saturated carbocycles. The van der Waals surface area contributed by atoms with E-state index in [4.69, 9.17) is 18.9 Å². The first-order valence-corrected chi connectivity index (χ1v) is 11.7. The molecule has 2 aromatic rings. The summed E-state index contributed by atoms with van der Waals surface area (Å²) in [6.07, 6.45) is 1.51. The zero-order valence-corrected chi connectivity index (χ0v) is 21.1. The van der Waals surface area contributed by atoms with Crippen molar-refractivity contribution >= 4 is 24.1 Å². The molecule has 0 unspecified atom stereocenters. The van der Waals surface area contributed by atoms with Gasteiger partial charge in [-0.25, -0.2) is 15.0 Å². The van der Waals surface area contributed by atoms with Gasteiger partial charge >= 0.3 is 12.0 Å². The average molecular weight is 511 g/mol. The second-order valence-electron chi connectivity index (χ2n) is 7.78. The second kappa shape index (κ2) is 13.0. The average Bonchev–Trinajstić information content (AvgIpc) is 2.88. The van der Waals surface area contributed by atoms with E-state index < -0.39 is 23.9 Å². The first-order valence-electron chi connectivity index (χ1n) is 11.7. The molecule has 3 N–H and O–H groups in total. The lowest BCUT2D eigenvalue weighted by molar-refractivity contribution is -0.139. The zero-order valence-electron chi connectivity index (χ0n) is 21.1. The molecule has 0 aromatic heterocycles. The van der Waals surface area contributed by atoms with Crippen molar-refractivity contribution in [3.63, 3.8) is 0 Å². The summed E-state index contributed by atoms with van der Waals surface area (Å²) >= 11 is 0. The number of benzene rings is 2. The SMILES string of the molecule is CCOC(=O)C1=C(C)NC(=O)N[C@H]1c1ccc(OCC(=O)N/N=C\c2ccc(OCC)cc2)c(OC)c1. The van der Waals surface area contributed by atoms with Crippen LogP contribution in [-0.2, 0) is 14.3 Å². The lowest BCUT2D eigenvalue weighted by Crippen LogP contribution is -2.45. The molecule has 0 aliphatic carbocycles. The number of hydrogen-bond donors (Lipinski definition) is 3. The molecule has 1 aliphatic heterocycles. The molecule has 11 nitrogen and oxygen atoms in total. The van der Waals surface area contributed by atoms with Crippen LogP contribution in [0.5, 0.6) is 17.2 Å². The fourth-order valence-electron chi connectivity index (χ4n) is 3.58. The minimum atomic E-state index is -0.754. The highest BCUT2D eigenvalue weighted by Gasteiger charge is 2.32. The van der Waals surface area contributed by atoms with Gasteiger partial charge in [0.2, 0.25) is 0 Å². The number of hydrogen-bond acceptors (Lipinski definition) is 8. The number of nitrogens with zero attached hydrogens (tertiary/aromatic N) is 1. The number of urea groups is 1. The molecule has 1 heterocycles. The molecule has 3 amide bonds. The van der Waals surface area contributed by atoms with Crippen LogP contribution in [0.25, 0.3) is 0 Å². The van der Waals surface area contributed by atoms with E-state index in [-0.39, 0.29) is 18.8 Å². The van der Waals surface area contributed by atoms with Gasteiger partial charge in [0.25, 0.3) is 5.91 Å². The largest absolute Gasteiger partial charge is 0.494 e. The van der Waals surface area contributed by atoms with Gasteiger partial charge in [-0.2, -0.15) is 5.10 Å². The standard InChI is InChI=1S/C26H30N4O7/c1-5-35-19-10-7-17(8-11-19)14-27-30-22(31)15-37-20-12-9-18(13-21(20)34-4)24-23(25(32)36-6-2)16(3)28-26(33)29-24/h7-14,24H,5-6,15H2,1-4H3,(H,30,31)(H2,28,29,33)/b27-14-/t24-/m0/s1. The predicted octanol–water partition coefficient (Wildman–Crippen LogP) is 2.81. The van der Waals surface area contributed by atoms with Crippen LogP contribution in [0, 0.1) is 0 Å². The maximum absolute atomic E-state index is 12.5. The number of rotatable bonds is 11. The predicted molar refractivity (Wildman–Crippen MR) is 136 cm³/mol. The Balaban J connectivity index is 1.65. The quantitative estimate of drug-likeness (QED) is 0.240. The summed E-state index contributed by atoms with van der Waals surface area (Å²) in [4.78, 5) is 36.8. The molecule has 2 aromatic carbocycles. The van der Waals surface area contributed by atoms with E-state index in [1.165, 1.54) is 13.3 Å². The third kappa shape index (κ3) is 7.23. The Morgan fingerprint density at radius 2 is 1.81 bits per heavy atom. The lowest BCUT2D eigenvalue weighted by Gasteiger charge is -2.28. The van der Waals surface area contributed by atoms with Crippen molar-refractivity contribution < 1.29 is 33.3 Å². The van der Waals surface area contributed by atoms with E-state index in [1.54, 1.807) is 32.0 Å². The molecular formula is C26H30N4O7. The number of nitrogens with one attached hydrogen (secondary N) is 3. The zero-order chi connectivity index (χ0) is 26.8. The number of carbonyl (C=O) groups is 3. The van der Waals surface area contributed by atoms with E-state index in [0.29, 0.717) is 29.4 Å². The molecular weight excluding hydrogens is 480 g/mol. The number of amides is 3. The molecule has 11 heteroatoms. The van der Waals surface area contributed by atoms with Gasteiger partial charge in [-0.15, -0.1) is 0 Å². The van der Waals surface area contributed by atoms with E-state index in [1.807, 2.05) is 31.2 Å². The molecule has 0 radical (unpaired) electrons. The van der Waals surface area contributed by atoms with Gasteiger partial charge in [0.15, 0.2) is 18.1 Å². The van der Waals surface area contributed by atoms with Crippen LogP contribution in [0.1, 0.15) is 37.9 Å². The third-order valence-corrected chi connectivity index (χ3v) is 5.24. The number of allylic oxidation sites excluding steroid dienone is 1. The highest BCUT2D eigenvalue weighted by Crippen LogP contribution is 2.34. The number of esters is 1. The van der Waals surface area contributed by atoms with Crippen LogP contribution < -0.4 is 30.3 Å². The van der Waals surface area contributed by atoms with Crippen LogP contribution in [0.2, 0.25) is 0 Å². The van der Waals surface area contributed by atoms with Crippen LogP contribution in [0.4, 0.5) is 4.79 Å². The number of ether oxygens (including phenoxy) is 4. The van der Waals surface area contributed by atoms with Crippen molar-refractivity contribution in [2.75, 3.05) is 26.9 Å². The second-order valence-corrected chi connectivity index (χ2v) is 7.78. The van der Waals surface area contributed by atoms with Crippen LogP contribution >= 0.6 is 0 Å². The summed E-state index contributed by atoms with van der Waals surface area (Å²) < 4.78 is 21.6. The van der Waals surface area contributed by atoms with Gasteiger partial charge in [0.1, 0.15) is 5.75 Å². The maximum atomic E-state index is 12.5. The summed E-state index contributed by atoms with van der Waals surface area (Å²) in [7, 11) is 1.45. The third-order valence-electron chi connectivity index (χ3n) is 5.24. The van der Waals surface area contributed by atoms with Gasteiger partial charge in [0.05, 0.1) is 38.2 Å². The first-order chi connectivity index (χ1) is 17.9. The minimum Gasteiger partial charge on any atom is -0.494 e. The highest BCUT2D eigenvalue weighted by atomic mass is 16.5. The monoisotopic (exact) mass is 510 g/mol. The van der Waals surface area contributed by atoms with Gasteiger partial charge in [0, 0.05) is 5.70 Å². The number of hydrazone groups is 1. The van der Waals surface area contributed by atoms with Crippen molar-refractivity contribution in [3.8, 4) is 17.2 Å². The Labute approximate surface area is 214 Å². The normalized spacial score (nSPS) is 15.0. The fraction of sp³-hybridized carbons (Fsp3) is 0.308. The highest BCUT2D eigenvalue weighted by molar-refractivity contribution is 5.95. The molecule has 0 saturated heterocycles. The van der Waals surface area contributed by atoms with Crippen molar-refractivity contribution in [2.24, 2.45) is 5.10 Å². The number of methoxy groups -OCH3 is 1. The van der Waals surface area contributed by atoms with E-state index in [9.17, 15) is 14.4 Å². The van der Waals surface area contributed by atoms with Gasteiger partial charge in [-0.3, -0.25) is 4.79 Å². The molecule has 1 atom stereocenters. The fourth-order valence-corrected chi connectivity index (χ4v) is 3.58. The lowest BCUT2D eigenvalue weighted by atomic mass is 9.95. The van der Waals surface area contributed by atoms with E-state index in [0.717, 1.165) is 11.3 Å². The van der Waals surface area contributed by atoms with Crippen molar-refractivity contribution in [2.45, 2.75) is 26.8 Å². The summed E-state index contributed by atoms with van der Waals surface area (Å²) in [6, 6.07) is 11.0. The summed E-state index contributed by atoms with van der Waals surface area (Å²) in [5.74, 6) is 0.358.